The minimum atomic E-state index is 0.498. The molecule has 4 aromatic heterocycles. The van der Waals surface area contributed by atoms with Gasteiger partial charge in [0, 0.05) is 12.0 Å². The molecule has 0 spiro atoms. The summed E-state index contributed by atoms with van der Waals surface area (Å²) in [6.07, 6.45) is 10.3. The summed E-state index contributed by atoms with van der Waals surface area (Å²) in [5, 5.41) is 0. The molecule has 0 atom stereocenters. The van der Waals surface area contributed by atoms with Crippen molar-refractivity contribution in [1.29, 1.82) is 0 Å². The van der Waals surface area contributed by atoms with E-state index >= 15 is 0 Å². The van der Waals surface area contributed by atoms with Crippen molar-refractivity contribution in [3.8, 4) is 17.2 Å². The molecule has 0 amide bonds. The molecule has 0 aliphatic carbocycles. The lowest BCUT2D eigenvalue weighted by molar-refractivity contribution is 0.902. The van der Waals surface area contributed by atoms with Crippen molar-refractivity contribution in [2.24, 2.45) is 0 Å². The van der Waals surface area contributed by atoms with Gasteiger partial charge in [0.05, 0.1) is 44.5 Å². The number of fused-ring (bicyclic) bond motifs is 9. The molecular weight excluding hydrogens is 542 g/mol. The molecule has 0 saturated heterocycles. The van der Waals surface area contributed by atoms with E-state index in [0.29, 0.717) is 23.9 Å². The first-order valence-electron chi connectivity index (χ1n) is 14.5. The molecule has 0 unspecified atom stereocenters. The fraction of sp³-hybridized carbons (Fsp3) is 0.0270. The average Bonchev–Trinajstić information content (AvgIpc) is 3.61. The van der Waals surface area contributed by atoms with Crippen LogP contribution in [0.4, 0.5) is 0 Å². The van der Waals surface area contributed by atoms with Gasteiger partial charge < -0.3 is 0 Å². The van der Waals surface area contributed by atoms with Crippen molar-refractivity contribution in [1.82, 2.24) is 33.3 Å². The van der Waals surface area contributed by atoms with Crippen molar-refractivity contribution >= 4 is 44.7 Å². The maximum Gasteiger partial charge on any atom is 0.240 e. The minimum Gasteiger partial charge on any atom is -0.276 e. The van der Waals surface area contributed by atoms with Gasteiger partial charge >= 0.3 is 0 Å². The maximum atomic E-state index is 5.19. The molecule has 8 rings (SSSR count). The van der Waals surface area contributed by atoms with Crippen LogP contribution in [0.15, 0.2) is 146 Å². The highest BCUT2D eigenvalue weighted by molar-refractivity contribution is 5.92. The van der Waals surface area contributed by atoms with Gasteiger partial charge in [-0.05, 0) is 42.5 Å². The Morgan fingerprint density at radius 3 is 1.75 bits per heavy atom. The highest BCUT2D eigenvalue weighted by Crippen LogP contribution is 2.29. The lowest BCUT2D eigenvalue weighted by atomic mass is 10.1. The second-order valence-corrected chi connectivity index (χ2v) is 10.5. The van der Waals surface area contributed by atoms with Crippen molar-refractivity contribution in [2.45, 2.75) is 6.42 Å². The van der Waals surface area contributed by atoms with Gasteiger partial charge in [-0.3, -0.25) is 8.80 Å². The zero-order chi connectivity index (χ0) is 29.5. The second kappa shape index (κ2) is 10.6. The summed E-state index contributed by atoms with van der Waals surface area (Å²) < 4.78 is 6.37. The highest BCUT2D eigenvalue weighted by Gasteiger charge is 2.20. The minimum absolute atomic E-state index is 0.498. The van der Waals surface area contributed by atoms with Gasteiger partial charge in [-0.25, -0.2) is 24.5 Å². The lowest BCUT2D eigenvalue weighted by Gasteiger charge is -2.10. The fourth-order valence-corrected chi connectivity index (χ4v) is 5.77. The molecule has 0 aliphatic rings. The van der Waals surface area contributed by atoms with Crippen LogP contribution >= 0.6 is 0 Å². The van der Waals surface area contributed by atoms with Crippen LogP contribution in [0.3, 0.4) is 0 Å². The van der Waals surface area contributed by atoms with E-state index in [-0.39, 0.29) is 0 Å². The number of rotatable bonds is 6. The quantitative estimate of drug-likeness (QED) is 0.190. The Bertz CT molecular complexity index is 2330. The maximum absolute atomic E-state index is 5.19. The Morgan fingerprint density at radius 2 is 1.14 bits per heavy atom. The molecule has 4 heterocycles. The van der Waals surface area contributed by atoms with Crippen LogP contribution in [0.5, 0.6) is 0 Å². The third-order valence-corrected chi connectivity index (χ3v) is 7.71. The van der Waals surface area contributed by atoms with Gasteiger partial charge in [-0.15, -0.1) is 0 Å². The number of benzene rings is 4. The van der Waals surface area contributed by atoms with Crippen LogP contribution in [0, 0.1) is 0 Å². The fourth-order valence-electron chi connectivity index (χ4n) is 5.77. The third kappa shape index (κ3) is 4.22. The Labute approximate surface area is 253 Å². The van der Waals surface area contributed by atoms with Crippen molar-refractivity contribution in [3.05, 3.63) is 152 Å². The van der Waals surface area contributed by atoms with Crippen molar-refractivity contribution in [3.63, 3.8) is 0 Å². The number of hydrogen-bond donors (Lipinski definition) is 0. The van der Waals surface area contributed by atoms with E-state index in [1.165, 1.54) is 0 Å². The Balaban J connectivity index is 1.55. The summed E-state index contributed by atoms with van der Waals surface area (Å²) in [5.41, 5.74) is 8.45. The first-order valence-corrected chi connectivity index (χ1v) is 14.5. The van der Waals surface area contributed by atoms with Crippen LogP contribution in [0.1, 0.15) is 5.69 Å². The van der Waals surface area contributed by atoms with Crippen molar-refractivity contribution < 1.29 is 0 Å². The van der Waals surface area contributed by atoms with E-state index < -0.39 is 0 Å². The first-order chi connectivity index (χ1) is 21.8. The standard InChI is InChI=1S/C37H27N7/c1-2-3-4-5-9-18-27-25-30(26-16-7-6-8-17-26)39-35(38-27)44-36-40-28-19-10-12-21-31(28)42(36)33-23-14-15-24-34(33)43-32-22-13-11-20-29(32)41-37(43)44/h2-17,19-25H,1,18H2/b4-3-,9-5-. The molecule has 4 aromatic carbocycles. The van der Waals surface area contributed by atoms with Gasteiger partial charge in [0.1, 0.15) is 0 Å². The van der Waals surface area contributed by atoms with Gasteiger partial charge in [0.15, 0.2) is 0 Å². The van der Waals surface area contributed by atoms with Crippen LogP contribution in [0.25, 0.3) is 61.9 Å². The zero-order valence-corrected chi connectivity index (χ0v) is 23.8. The topological polar surface area (TPSA) is 65.3 Å². The molecule has 7 heteroatoms. The molecule has 0 bridgehead atoms. The van der Waals surface area contributed by atoms with Crippen LogP contribution < -0.4 is 0 Å². The second-order valence-electron chi connectivity index (χ2n) is 10.5. The molecule has 0 fully saturated rings. The molecule has 0 aliphatic heterocycles. The molecule has 7 nitrogen and oxygen atoms in total. The van der Waals surface area contributed by atoms with Gasteiger partial charge in [0.2, 0.25) is 17.5 Å². The molecule has 0 radical (unpaired) electrons. The number of para-hydroxylation sites is 6. The Kier molecular flexibility index (Phi) is 6.19. The average molecular weight is 570 g/mol. The normalized spacial score (nSPS) is 12.1. The van der Waals surface area contributed by atoms with E-state index in [1.807, 2.05) is 77.4 Å². The zero-order valence-electron chi connectivity index (χ0n) is 23.8. The summed E-state index contributed by atoms with van der Waals surface area (Å²) in [7, 11) is 0. The molecular formula is C37H27N7. The van der Waals surface area contributed by atoms with Gasteiger partial charge in [-0.1, -0.05) is 104 Å². The number of hydrogen-bond acceptors (Lipinski definition) is 4. The van der Waals surface area contributed by atoms with Crippen LogP contribution in [0.2, 0.25) is 0 Å². The molecule has 44 heavy (non-hydrogen) atoms. The Hall–Kier alpha value is -6.08. The smallest absolute Gasteiger partial charge is 0.240 e. The van der Waals surface area contributed by atoms with Gasteiger partial charge in [0.25, 0.3) is 0 Å². The highest BCUT2D eigenvalue weighted by atomic mass is 15.3. The third-order valence-electron chi connectivity index (χ3n) is 7.71. The summed E-state index contributed by atoms with van der Waals surface area (Å²) in [4.78, 5) is 20.7. The van der Waals surface area contributed by atoms with E-state index in [0.717, 1.165) is 50.1 Å². The summed E-state index contributed by atoms with van der Waals surface area (Å²) in [5.74, 6) is 1.85. The molecule has 8 aromatic rings. The van der Waals surface area contributed by atoms with E-state index in [2.05, 4.69) is 76.1 Å². The monoisotopic (exact) mass is 569 g/mol. The number of imidazole rings is 2. The van der Waals surface area contributed by atoms with E-state index in [1.54, 1.807) is 6.08 Å². The predicted octanol–water partition coefficient (Wildman–Crippen LogP) is 8.09. The SMILES string of the molecule is C=C/C=C\C=C/Cc1cc(-c2ccccc2)nc(-n2c3nc4ccccc4n3c3ccccc3n3c4ccccc4nc23)n1. The van der Waals surface area contributed by atoms with Crippen LogP contribution in [-0.4, -0.2) is 33.3 Å². The number of allylic oxidation sites excluding steroid dienone is 5. The molecule has 210 valence electrons. The summed E-state index contributed by atoms with van der Waals surface area (Å²) in [6, 6.07) is 37.0. The Morgan fingerprint density at radius 1 is 0.568 bits per heavy atom. The molecule has 0 saturated carbocycles. The summed E-state index contributed by atoms with van der Waals surface area (Å²) in [6.45, 7) is 3.75. The van der Waals surface area contributed by atoms with E-state index in [4.69, 9.17) is 19.9 Å². The number of aromatic nitrogens is 7. The van der Waals surface area contributed by atoms with Crippen molar-refractivity contribution in [2.75, 3.05) is 0 Å². The largest absolute Gasteiger partial charge is 0.276 e. The lowest BCUT2D eigenvalue weighted by Crippen LogP contribution is -2.09. The number of nitrogens with zero attached hydrogens (tertiary/aromatic N) is 7. The van der Waals surface area contributed by atoms with Crippen LogP contribution in [-0.2, 0) is 6.42 Å². The molecule has 0 N–H and O–H groups in total. The van der Waals surface area contributed by atoms with Gasteiger partial charge in [-0.2, -0.15) is 0 Å². The van der Waals surface area contributed by atoms with E-state index in [9.17, 15) is 0 Å². The predicted molar refractivity (Wildman–Crippen MR) is 178 cm³/mol. The summed E-state index contributed by atoms with van der Waals surface area (Å²) >= 11 is 0. The first kappa shape index (κ1) is 25.6.